The van der Waals surface area contributed by atoms with Gasteiger partial charge in [-0.3, -0.25) is 4.40 Å². The van der Waals surface area contributed by atoms with Gasteiger partial charge in [0.2, 0.25) is 0 Å². The van der Waals surface area contributed by atoms with Gasteiger partial charge in [-0.25, -0.2) is 4.98 Å². The molecule has 17 heavy (non-hydrogen) atoms. The number of nitrogens with zero attached hydrogens (tertiary/aromatic N) is 2. The fourth-order valence-corrected chi connectivity index (χ4v) is 2.08. The van der Waals surface area contributed by atoms with Crippen molar-refractivity contribution in [2.24, 2.45) is 0 Å². The van der Waals surface area contributed by atoms with Crippen molar-refractivity contribution in [3.8, 4) is 17.1 Å². The van der Waals surface area contributed by atoms with Crippen LogP contribution in [0.15, 0.2) is 53.3 Å². The third kappa shape index (κ3) is 1.70. The van der Waals surface area contributed by atoms with Gasteiger partial charge in [-0.15, -0.1) is 0 Å². The SMILES string of the molecule is Oc1cccn2c(-c3ccc(Br)cc3)ncc12. The van der Waals surface area contributed by atoms with Crippen molar-refractivity contribution >= 4 is 21.4 Å². The van der Waals surface area contributed by atoms with Gasteiger partial charge in [0.15, 0.2) is 0 Å². The quantitative estimate of drug-likeness (QED) is 0.744. The molecular formula is C13H9BrN2O. The Morgan fingerprint density at radius 3 is 2.65 bits per heavy atom. The molecule has 0 saturated heterocycles. The maximum atomic E-state index is 9.71. The largest absolute Gasteiger partial charge is 0.506 e. The van der Waals surface area contributed by atoms with Gasteiger partial charge in [-0.2, -0.15) is 0 Å². The van der Waals surface area contributed by atoms with Crippen LogP contribution in [0, 0.1) is 0 Å². The lowest BCUT2D eigenvalue weighted by molar-refractivity contribution is 0.479. The zero-order valence-corrected chi connectivity index (χ0v) is 10.4. The molecule has 3 nitrogen and oxygen atoms in total. The number of benzene rings is 1. The minimum absolute atomic E-state index is 0.239. The minimum Gasteiger partial charge on any atom is -0.506 e. The first-order chi connectivity index (χ1) is 8.25. The van der Waals surface area contributed by atoms with E-state index in [-0.39, 0.29) is 5.75 Å². The summed E-state index contributed by atoms with van der Waals surface area (Å²) >= 11 is 3.40. The Labute approximate surface area is 106 Å². The number of hydrogen-bond donors (Lipinski definition) is 1. The number of pyridine rings is 1. The van der Waals surface area contributed by atoms with Gasteiger partial charge in [0.1, 0.15) is 17.1 Å². The molecule has 0 amide bonds. The third-order valence-electron chi connectivity index (χ3n) is 2.65. The van der Waals surface area contributed by atoms with E-state index in [9.17, 15) is 5.11 Å². The first-order valence-electron chi connectivity index (χ1n) is 5.17. The molecule has 3 rings (SSSR count). The van der Waals surface area contributed by atoms with E-state index >= 15 is 0 Å². The number of halogens is 1. The molecule has 0 bridgehead atoms. The van der Waals surface area contributed by atoms with Gasteiger partial charge in [-0.05, 0) is 24.3 Å². The second kappa shape index (κ2) is 3.89. The number of fused-ring (bicyclic) bond motifs is 1. The van der Waals surface area contributed by atoms with E-state index < -0.39 is 0 Å². The van der Waals surface area contributed by atoms with E-state index in [1.165, 1.54) is 0 Å². The zero-order chi connectivity index (χ0) is 11.8. The summed E-state index contributed by atoms with van der Waals surface area (Å²) in [6.45, 7) is 0. The first kappa shape index (κ1) is 10.4. The lowest BCUT2D eigenvalue weighted by Gasteiger charge is -2.02. The summed E-state index contributed by atoms with van der Waals surface area (Å²) in [7, 11) is 0. The van der Waals surface area contributed by atoms with E-state index in [4.69, 9.17) is 0 Å². The molecule has 0 aliphatic carbocycles. The Hall–Kier alpha value is -1.81. The highest BCUT2D eigenvalue weighted by molar-refractivity contribution is 9.10. The molecule has 0 atom stereocenters. The van der Waals surface area contributed by atoms with Crippen LogP contribution in [0.25, 0.3) is 16.9 Å². The molecule has 1 N–H and O–H groups in total. The van der Waals surface area contributed by atoms with E-state index in [2.05, 4.69) is 20.9 Å². The maximum absolute atomic E-state index is 9.71. The lowest BCUT2D eigenvalue weighted by Crippen LogP contribution is -1.88. The number of aromatic nitrogens is 2. The number of aromatic hydroxyl groups is 1. The molecule has 0 radical (unpaired) electrons. The van der Waals surface area contributed by atoms with Crippen molar-refractivity contribution in [2.45, 2.75) is 0 Å². The first-order valence-corrected chi connectivity index (χ1v) is 5.96. The third-order valence-corrected chi connectivity index (χ3v) is 3.18. The molecule has 2 heterocycles. The molecule has 0 aliphatic heterocycles. The Kier molecular flexibility index (Phi) is 2.37. The number of imidazole rings is 1. The Balaban J connectivity index is 2.24. The molecule has 3 aromatic rings. The highest BCUT2D eigenvalue weighted by Crippen LogP contribution is 2.25. The average molecular weight is 289 g/mol. The molecule has 1 aromatic carbocycles. The molecule has 4 heteroatoms. The number of hydrogen-bond acceptors (Lipinski definition) is 2. The topological polar surface area (TPSA) is 37.5 Å². The summed E-state index contributed by atoms with van der Waals surface area (Å²) in [6, 6.07) is 11.4. The van der Waals surface area contributed by atoms with Crippen LogP contribution in [0.2, 0.25) is 0 Å². The molecule has 0 aliphatic rings. The van der Waals surface area contributed by atoms with Crippen molar-refractivity contribution in [3.63, 3.8) is 0 Å². The summed E-state index contributed by atoms with van der Waals surface area (Å²) in [5, 5.41) is 9.71. The number of rotatable bonds is 1. The Bertz CT molecular complexity index is 673. The van der Waals surface area contributed by atoms with Crippen LogP contribution < -0.4 is 0 Å². The lowest BCUT2D eigenvalue weighted by atomic mass is 10.2. The average Bonchev–Trinajstić information content (AvgIpc) is 2.75. The van der Waals surface area contributed by atoms with Gasteiger partial charge in [0.25, 0.3) is 0 Å². The standard InChI is InChI=1S/C13H9BrN2O/c14-10-5-3-9(4-6-10)13-15-8-11-12(17)2-1-7-16(11)13/h1-8,17H. The predicted octanol–water partition coefficient (Wildman–Crippen LogP) is 3.47. The fourth-order valence-electron chi connectivity index (χ4n) is 1.82. The van der Waals surface area contributed by atoms with Crippen LogP contribution in [0.3, 0.4) is 0 Å². The van der Waals surface area contributed by atoms with Gasteiger partial charge in [0.05, 0.1) is 6.20 Å². The van der Waals surface area contributed by atoms with Gasteiger partial charge in [0, 0.05) is 16.2 Å². The van der Waals surface area contributed by atoms with Crippen LogP contribution in [0.5, 0.6) is 5.75 Å². The predicted molar refractivity (Wildman–Crippen MR) is 70.0 cm³/mol. The van der Waals surface area contributed by atoms with Crippen molar-refractivity contribution < 1.29 is 5.11 Å². The summed E-state index contributed by atoms with van der Waals surface area (Å²) in [5.74, 6) is 1.06. The Morgan fingerprint density at radius 1 is 1.12 bits per heavy atom. The molecule has 2 aromatic heterocycles. The highest BCUT2D eigenvalue weighted by atomic mass is 79.9. The highest BCUT2D eigenvalue weighted by Gasteiger charge is 2.08. The Morgan fingerprint density at radius 2 is 1.88 bits per heavy atom. The smallest absolute Gasteiger partial charge is 0.144 e. The van der Waals surface area contributed by atoms with Crippen molar-refractivity contribution in [1.29, 1.82) is 0 Å². The molecule has 0 unspecified atom stereocenters. The van der Waals surface area contributed by atoms with E-state index in [1.54, 1.807) is 18.3 Å². The van der Waals surface area contributed by atoms with Crippen molar-refractivity contribution in [2.75, 3.05) is 0 Å². The fraction of sp³-hybridized carbons (Fsp3) is 0. The van der Waals surface area contributed by atoms with Gasteiger partial charge in [-0.1, -0.05) is 28.1 Å². The second-order valence-corrected chi connectivity index (χ2v) is 4.65. The van der Waals surface area contributed by atoms with E-state index in [0.717, 1.165) is 15.9 Å². The summed E-state index contributed by atoms with van der Waals surface area (Å²) in [5.41, 5.74) is 1.73. The van der Waals surface area contributed by atoms with Crippen LogP contribution >= 0.6 is 15.9 Å². The van der Waals surface area contributed by atoms with Crippen molar-refractivity contribution in [1.82, 2.24) is 9.38 Å². The molecule has 0 spiro atoms. The molecule has 0 fully saturated rings. The normalized spacial score (nSPS) is 10.9. The van der Waals surface area contributed by atoms with Crippen molar-refractivity contribution in [3.05, 3.63) is 53.3 Å². The van der Waals surface area contributed by atoms with Crippen LogP contribution in [-0.2, 0) is 0 Å². The van der Waals surface area contributed by atoms with E-state index in [0.29, 0.717) is 5.52 Å². The molecule has 84 valence electrons. The zero-order valence-electron chi connectivity index (χ0n) is 8.84. The van der Waals surface area contributed by atoms with Crippen LogP contribution in [0.1, 0.15) is 0 Å². The summed E-state index contributed by atoms with van der Waals surface area (Å²) in [4.78, 5) is 4.34. The van der Waals surface area contributed by atoms with Crippen LogP contribution in [-0.4, -0.2) is 14.5 Å². The van der Waals surface area contributed by atoms with Crippen LogP contribution in [0.4, 0.5) is 0 Å². The van der Waals surface area contributed by atoms with Gasteiger partial charge >= 0.3 is 0 Å². The van der Waals surface area contributed by atoms with Gasteiger partial charge < -0.3 is 5.11 Å². The van der Waals surface area contributed by atoms with E-state index in [1.807, 2.05) is 34.9 Å². The second-order valence-electron chi connectivity index (χ2n) is 3.74. The molecular weight excluding hydrogens is 280 g/mol. The maximum Gasteiger partial charge on any atom is 0.144 e. The minimum atomic E-state index is 0.239. The molecule has 0 saturated carbocycles. The summed E-state index contributed by atoms with van der Waals surface area (Å²) < 4.78 is 2.91. The summed E-state index contributed by atoms with van der Waals surface area (Å²) in [6.07, 6.45) is 3.56. The monoisotopic (exact) mass is 288 g/mol.